The van der Waals surface area contributed by atoms with E-state index >= 15 is 0 Å². The standard InChI is InChI=1S/C19H29NO3/c1-14(2)22-16-9-7-15(8-10-16)20-12-19(13-20)23-18-6-4-5-17(11-18)21-3/h4-6,11,14-16,19H,7-10,12-13H2,1-3H3. The summed E-state index contributed by atoms with van der Waals surface area (Å²) >= 11 is 0. The Morgan fingerprint density at radius 3 is 2.35 bits per heavy atom. The smallest absolute Gasteiger partial charge is 0.124 e. The van der Waals surface area contributed by atoms with Crippen molar-refractivity contribution in [1.82, 2.24) is 4.90 Å². The number of rotatable bonds is 6. The van der Waals surface area contributed by atoms with Gasteiger partial charge >= 0.3 is 0 Å². The zero-order chi connectivity index (χ0) is 16.2. The predicted molar refractivity (Wildman–Crippen MR) is 91.2 cm³/mol. The summed E-state index contributed by atoms with van der Waals surface area (Å²) in [5.74, 6) is 1.75. The maximum absolute atomic E-state index is 6.04. The predicted octanol–water partition coefficient (Wildman–Crippen LogP) is 3.49. The Bertz CT molecular complexity index is 491. The second kappa shape index (κ2) is 7.54. The van der Waals surface area contributed by atoms with Crippen molar-refractivity contribution in [2.24, 2.45) is 0 Å². The molecule has 0 spiro atoms. The van der Waals surface area contributed by atoms with Gasteiger partial charge < -0.3 is 14.2 Å². The van der Waals surface area contributed by atoms with Crippen LogP contribution in [0, 0.1) is 0 Å². The lowest BCUT2D eigenvalue weighted by Gasteiger charge is -2.46. The molecule has 23 heavy (non-hydrogen) atoms. The molecule has 0 N–H and O–H groups in total. The van der Waals surface area contributed by atoms with Crippen molar-refractivity contribution in [3.05, 3.63) is 24.3 Å². The number of methoxy groups -OCH3 is 1. The van der Waals surface area contributed by atoms with Crippen LogP contribution in [0.3, 0.4) is 0 Å². The van der Waals surface area contributed by atoms with Crippen LogP contribution in [-0.4, -0.2) is 49.5 Å². The highest BCUT2D eigenvalue weighted by atomic mass is 16.5. The molecule has 1 aromatic carbocycles. The van der Waals surface area contributed by atoms with E-state index in [4.69, 9.17) is 14.2 Å². The average molecular weight is 319 g/mol. The fourth-order valence-corrected chi connectivity index (χ4v) is 3.64. The third-order valence-electron chi connectivity index (χ3n) is 4.84. The second-order valence-corrected chi connectivity index (χ2v) is 6.99. The van der Waals surface area contributed by atoms with E-state index in [1.165, 1.54) is 25.7 Å². The van der Waals surface area contributed by atoms with Crippen molar-refractivity contribution in [3.8, 4) is 11.5 Å². The number of hydrogen-bond acceptors (Lipinski definition) is 4. The van der Waals surface area contributed by atoms with Crippen LogP contribution in [0.1, 0.15) is 39.5 Å². The highest BCUT2D eigenvalue weighted by Gasteiger charge is 2.36. The minimum absolute atomic E-state index is 0.312. The van der Waals surface area contributed by atoms with E-state index in [2.05, 4.69) is 18.7 Å². The Labute approximate surface area is 139 Å². The molecule has 128 valence electrons. The van der Waals surface area contributed by atoms with Crippen LogP contribution in [-0.2, 0) is 4.74 Å². The molecule has 0 atom stereocenters. The SMILES string of the molecule is COc1cccc(OC2CN(C3CCC(OC(C)C)CC3)C2)c1. The first-order valence-corrected chi connectivity index (χ1v) is 8.84. The lowest BCUT2D eigenvalue weighted by atomic mass is 9.89. The van der Waals surface area contributed by atoms with Gasteiger partial charge in [0.25, 0.3) is 0 Å². The quantitative estimate of drug-likeness (QED) is 0.803. The molecule has 3 rings (SSSR count). The Hall–Kier alpha value is -1.26. The molecule has 1 saturated carbocycles. The van der Waals surface area contributed by atoms with E-state index in [-0.39, 0.29) is 0 Å². The van der Waals surface area contributed by atoms with Crippen LogP contribution in [0.2, 0.25) is 0 Å². The van der Waals surface area contributed by atoms with Crippen molar-refractivity contribution in [1.29, 1.82) is 0 Å². The monoisotopic (exact) mass is 319 g/mol. The lowest BCUT2D eigenvalue weighted by molar-refractivity contribution is -0.0554. The van der Waals surface area contributed by atoms with Crippen molar-refractivity contribution < 1.29 is 14.2 Å². The fourth-order valence-electron chi connectivity index (χ4n) is 3.64. The Morgan fingerprint density at radius 2 is 1.70 bits per heavy atom. The van der Waals surface area contributed by atoms with Crippen LogP contribution >= 0.6 is 0 Å². The number of likely N-dealkylation sites (tertiary alicyclic amines) is 1. The van der Waals surface area contributed by atoms with Gasteiger partial charge in [0, 0.05) is 25.2 Å². The fraction of sp³-hybridized carbons (Fsp3) is 0.684. The van der Waals surface area contributed by atoms with Crippen LogP contribution < -0.4 is 9.47 Å². The number of benzene rings is 1. The molecule has 1 aromatic rings. The molecule has 2 aliphatic rings. The zero-order valence-corrected chi connectivity index (χ0v) is 14.5. The minimum Gasteiger partial charge on any atom is -0.497 e. The van der Waals surface area contributed by atoms with Gasteiger partial charge in [-0.3, -0.25) is 4.90 Å². The van der Waals surface area contributed by atoms with E-state index in [1.807, 2.05) is 24.3 Å². The average Bonchev–Trinajstić information content (AvgIpc) is 2.51. The van der Waals surface area contributed by atoms with E-state index in [0.717, 1.165) is 24.6 Å². The molecular weight excluding hydrogens is 290 g/mol. The van der Waals surface area contributed by atoms with Crippen molar-refractivity contribution >= 4 is 0 Å². The van der Waals surface area contributed by atoms with Gasteiger partial charge in [0.15, 0.2) is 0 Å². The third kappa shape index (κ3) is 4.39. The molecule has 1 aliphatic heterocycles. The van der Waals surface area contributed by atoms with Crippen LogP contribution in [0.5, 0.6) is 11.5 Å². The van der Waals surface area contributed by atoms with Crippen molar-refractivity contribution in [3.63, 3.8) is 0 Å². The number of ether oxygens (including phenoxy) is 3. The number of hydrogen-bond donors (Lipinski definition) is 0. The molecule has 0 bridgehead atoms. The summed E-state index contributed by atoms with van der Waals surface area (Å²) in [5.41, 5.74) is 0. The Balaban J connectivity index is 1.39. The van der Waals surface area contributed by atoms with Crippen LogP contribution in [0.4, 0.5) is 0 Å². The first-order valence-electron chi connectivity index (χ1n) is 8.84. The van der Waals surface area contributed by atoms with Gasteiger partial charge in [-0.25, -0.2) is 0 Å². The zero-order valence-electron chi connectivity index (χ0n) is 14.5. The maximum Gasteiger partial charge on any atom is 0.124 e. The van der Waals surface area contributed by atoms with E-state index in [1.54, 1.807) is 7.11 Å². The van der Waals surface area contributed by atoms with Gasteiger partial charge in [-0.05, 0) is 51.7 Å². The van der Waals surface area contributed by atoms with E-state index in [9.17, 15) is 0 Å². The van der Waals surface area contributed by atoms with E-state index < -0.39 is 0 Å². The third-order valence-corrected chi connectivity index (χ3v) is 4.84. The maximum atomic E-state index is 6.04. The van der Waals surface area contributed by atoms with Gasteiger partial charge in [0.2, 0.25) is 0 Å². The summed E-state index contributed by atoms with van der Waals surface area (Å²) in [6.45, 7) is 6.33. The summed E-state index contributed by atoms with van der Waals surface area (Å²) in [5, 5.41) is 0. The topological polar surface area (TPSA) is 30.9 Å². The molecule has 1 heterocycles. The molecule has 0 aromatic heterocycles. The molecule has 1 aliphatic carbocycles. The first kappa shape index (κ1) is 16.6. The molecule has 0 unspecified atom stereocenters. The summed E-state index contributed by atoms with van der Waals surface area (Å²) < 4.78 is 17.2. The molecule has 2 fully saturated rings. The highest BCUT2D eigenvalue weighted by molar-refractivity contribution is 5.33. The summed E-state index contributed by atoms with van der Waals surface area (Å²) in [6.07, 6.45) is 6.03. The van der Waals surface area contributed by atoms with Gasteiger partial charge in [0.1, 0.15) is 17.6 Å². The molecule has 0 radical (unpaired) electrons. The Morgan fingerprint density at radius 1 is 1.00 bits per heavy atom. The summed E-state index contributed by atoms with van der Waals surface area (Å²) in [7, 11) is 1.68. The summed E-state index contributed by atoms with van der Waals surface area (Å²) in [6, 6.07) is 8.58. The van der Waals surface area contributed by atoms with Gasteiger partial charge in [-0.2, -0.15) is 0 Å². The molecule has 0 amide bonds. The largest absolute Gasteiger partial charge is 0.497 e. The van der Waals surface area contributed by atoms with Crippen LogP contribution in [0.25, 0.3) is 0 Å². The van der Waals surface area contributed by atoms with Gasteiger partial charge in [-0.1, -0.05) is 6.07 Å². The Kier molecular flexibility index (Phi) is 5.44. The van der Waals surface area contributed by atoms with Crippen molar-refractivity contribution in [2.45, 2.75) is 63.9 Å². The van der Waals surface area contributed by atoms with Gasteiger partial charge in [0.05, 0.1) is 19.3 Å². The summed E-state index contributed by atoms with van der Waals surface area (Å²) in [4.78, 5) is 2.57. The normalized spacial score (nSPS) is 26.1. The van der Waals surface area contributed by atoms with E-state index in [0.29, 0.717) is 24.4 Å². The first-order chi connectivity index (χ1) is 11.1. The lowest BCUT2D eigenvalue weighted by Crippen LogP contribution is -2.58. The number of nitrogens with zero attached hydrogens (tertiary/aromatic N) is 1. The second-order valence-electron chi connectivity index (χ2n) is 6.99. The van der Waals surface area contributed by atoms with Crippen molar-refractivity contribution in [2.75, 3.05) is 20.2 Å². The molecule has 4 heteroatoms. The molecule has 1 saturated heterocycles. The minimum atomic E-state index is 0.312. The molecular formula is C19H29NO3. The van der Waals surface area contributed by atoms with Crippen LogP contribution in [0.15, 0.2) is 24.3 Å². The molecule has 4 nitrogen and oxygen atoms in total. The van der Waals surface area contributed by atoms with Gasteiger partial charge in [-0.15, -0.1) is 0 Å². The highest BCUT2D eigenvalue weighted by Crippen LogP contribution is 2.30.